The molecule has 0 bridgehead atoms. The summed E-state index contributed by atoms with van der Waals surface area (Å²) < 4.78 is 6.68. The third-order valence-electron chi connectivity index (χ3n) is 5.06. The molecule has 1 aliphatic carbocycles. The molecule has 2 rings (SSSR count). The number of hydrogen-bond acceptors (Lipinski definition) is 2. The van der Waals surface area contributed by atoms with Gasteiger partial charge in [0.15, 0.2) is 5.88 Å². The summed E-state index contributed by atoms with van der Waals surface area (Å²) in [7, 11) is -1.86. The van der Waals surface area contributed by atoms with Crippen molar-refractivity contribution in [1.82, 2.24) is 4.98 Å². The molecule has 112 valence electrons. The highest BCUT2D eigenvalue weighted by atomic mass is 28.4. The third-order valence-corrected chi connectivity index (χ3v) is 11.0. The molecule has 2 atom stereocenters. The molecule has 1 aliphatic rings. The Morgan fingerprint density at radius 1 is 1.15 bits per heavy atom. The molecule has 0 aromatic carbocycles. The molecular formula is C17H29NOSi. The lowest BCUT2D eigenvalue weighted by Crippen LogP contribution is -2.51. The van der Waals surface area contributed by atoms with Gasteiger partial charge in [0.2, 0.25) is 0 Å². The predicted molar refractivity (Wildman–Crippen MR) is 87.6 cm³/mol. The van der Waals surface area contributed by atoms with Crippen LogP contribution < -0.4 is 4.43 Å². The Kier molecular flexibility index (Phi) is 4.89. The summed E-state index contributed by atoms with van der Waals surface area (Å²) in [4.78, 5) is 4.43. The van der Waals surface area contributed by atoms with E-state index in [0.717, 1.165) is 17.3 Å². The Hall–Kier alpha value is -0.833. The van der Waals surface area contributed by atoms with Crippen LogP contribution in [0.3, 0.4) is 0 Å². The smallest absolute Gasteiger partial charge is 0.261 e. The number of nitrogens with zero attached hydrogens (tertiary/aromatic N) is 1. The summed E-state index contributed by atoms with van der Waals surface area (Å²) in [5, 5.41) is 0. The lowest BCUT2D eigenvalue weighted by Gasteiger charge is -2.43. The average Bonchev–Trinajstić information content (AvgIpc) is 2.83. The van der Waals surface area contributed by atoms with Crippen LogP contribution in [0.5, 0.6) is 5.88 Å². The Balaban J connectivity index is 2.32. The molecule has 0 N–H and O–H groups in total. The lowest BCUT2D eigenvalue weighted by molar-refractivity contribution is 0.450. The zero-order chi connectivity index (χ0) is 14.8. The van der Waals surface area contributed by atoms with E-state index in [9.17, 15) is 0 Å². The van der Waals surface area contributed by atoms with Gasteiger partial charge in [-0.1, -0.05) is 47.1 Å². The Bertz CT molecular complexity index is 410. The van der Waals surface area contributed by atoms with Gasteiger partial charge in [-0.3, -0.25) is 0 Å². The summed E-state index contributed by atoms with van der Waals surface area (Å²) in [6.07, 6.45) is 5.89. The van der Waals surface area contributed by atoms with Crippen LogP contribution in [0, 0.1) is 5.92 Å². The fraction of sp³-hybridized carbons (Fsp3) is 0.706. The van der Waals surface area contributed by atoms with E-state index in [1.54, 1.807) is 0 Å². The molecule has 0 aliphatic heterocycles. The van der Waals surface area contributed by atoms with Crippen LogP contribution in [0.25, 0.3) is 0 Å². The maximum Gasteiger partial charge on any atom is 0.261 e. The zero-order valence-corrected chi connectivity index (χ0v) is 14.6. The summed E-state index contributed by atoms with van der Waals surface area (Å²) in [6.45, 7) is 11.8. The molecule has 0 radical (unpaired) electrons. The molecule has 1 aromatic heterocycles. The van der Waals surface area contributed by atoms with Crippen LogP contribution in [-0.4, -0.2) is 13.3 Å². The summed E-state index contributed by atoms with van der Waals surface area (Å²) in [5.74, 6) is 1.69. The minimum absolute atomic E-state index is 0.625. The molecule has 1 aromatic rings. The van der Waals surface area contributed by atoms with E-state index in [2.05, 4.69) is 39.6 Å². The molecule has 0 saturated heterocycles. The fourth-order valence-corrected chi connectivity index (χ4v) is 9.86. The number of pyridine rings is 1. The van der Waals surface area contributed by atoms with Gasteiger partial charge in [0.05, 0.1) is 0 Å². The van der Waals surface area contributed by atoms with E-state index >= 15 is 0 Å². The van der Waals surface area contributed by atoms with Crippen molar-refractivity contribution in [2.75, 3.05) is 0 Å². The largest absolute Gasteiger partial charge is 0.530 e. The molecule has 20 heavy (non-hydrogen) atoms. The predicted octanol–water partition coefficient (Wildman–Crippen LogP) is 5.42. The van der Waals surface area contributed by atoms with Gasteiger partial charge >= 0.3 is 0 Å². The maximum absolute atomic E-state index is 6.68. The van der Waals surface area contributed by atoms with Crippen LogP contribution in [0.1, 0.15) is 53.9 Å². The second kappa shape index (κ2) is 6.29. The zero-order valence-electron chi connectivity index (χ0n) is 13.6. The third kappa shape index (κ3) is 2.92. The van der Waals surface area contributed by atoms with Gasteiger partial charge in [0, 0.05) is 6.20 Å². The Morgan fingerprint density at radius 3 is 2.30 bits per heavy atom. The fourth-order valence-electron chi connectivity index (χ4n) is 4.13. The van der Waals surface area contributed by atoms with Crippen molar-refractivity contribution in [3.63, 3.8) is 0 Å². The molecule has 3 heteroatoms. The summed E-state index contributed by atoms with van der Waals surface area (Å²) >= 11 is 0. The molecule has 1 heterocycles. The van der Waals surface area contributed by atoms with Gasteiger partial charge in [0.25, 0.3) is 8.32 Å². The van der Waals surface area contributed by atoms with Crippen LogP contribution >= 0.6 is 0 Å². The van der Waals surface area contributed by atoms with E-state index < -0.39 is 8.32 Å². The highest BCUT2D eigenvalue weighted by Crippen LogP contribution is 2.51. The van der Waals surface area contributed by atoms with Crippen molar-refractivity contribution < 1.29 is 4.43 Å². The monoisotopic (exact) mass is 291 g/mol. The first-order valence-electron chi connectivity index (χ1n) is 8.06. The molecular weight excluding hydrogens is 262 g/mol. The van der Waals surface area contributed by atoms with E-state index in [-0.39, 0.29) is 0 Å². The topological polar surface area (TPSA) is 22.1 Å². The average molecular weight is 292 g/mol. The van der Waals surface area contributed by atoms with Gasteiger partial charge in [0.1, 0.15) is 0 Å². The first-order valence-corrected chi connectivity index (χ1v) is 10.2. The number of rotatable bonds is 5. The van der Waals surface area contributed by atoms with Crippen molar-refractivity contribution in [2.45, 2.75) is 70.5 Å². The highest BCUT2D eigenvalue weighted by molar-refractivity contribution is 6.78. The van der Waals surface area contributed by atoms with Crippen molar-refractivity contribution in [3.05, 3.63) is 24.4 Å². The number of aromatic nitrogens is 1. The standard InChI is InChI=1S/C17H29NOSi/c1-13(2)20(14(3)4,16-10-9-15(5)12-16)19-17-8-6-7-11-18-17/h6-8,11,13-16H,9-10,12H2,1-5H3. The van der Waals surface area contributed by atoms with Crippen LogP contribution in [-0.2, 0) is 0 Å². The minimum atomic E-state index is -1.86. The van der Waals surface area contributed by atoms with E-state index in [0.29, 0.717) is 11.1 Å². The molecule has 0 amide bonds. The van der Waals surface area contributed by atoms with Gasteiger partial charge < -0.3 is 4.43 Å². The van der Waals surface area contributed by atoms with E-state index in [1.165, 1.54) is 19.3 Å². The summed E-state index contributed by atoms with van der Waals surface area (Å²) in [6, 6.07) is 6.00. The van der Waals surface area contributed by atoms with Crippen LogP contribution in [0.4, 0.5) is 0 Å². The normalized spacial score (nSPS) is 23.6. The van der Waals surface area contributed by atoms with E-state index in [4.69, 9.17) is 4.43 Å². The van der Waals surface area contributed by atoms with Crippen molar-refractivity contribution in [1.29, 1.82) is 0 Å². The van der Waals surface area contributed by atoms with Crippen molar-refractivity contribution >= 4 is 8.32 Å². The van der Waals surface area contributed by atoms with Crippen LogP contribution in [0.15, 0.2) is 24.4 Å². The highest BCUT2D eigenvalue weighted by Gasteiger charge is 2.52. The van der Waals surface area contributed by atoms with Crippen molar-refractivity contribution in [2.24, 2.45) is 5.92 Å². The maximum atomic E-state index is 6.68. The SMILES string of the molecule is CC1CCC([Si](Oc2ccccn2)(C(C)C)C(C)C)C1. The molecule has 1 fully saturated rings. The second-order valence-electron chi connectivity index (χ2n) is 7.05. The Labute approximate surface area is 125 Å². The molecule has 1 saturated carbocycles. The number of hydrogen-bond donors (Lipinski definition) is 0. The van der Waals surface area contributed by atoms with Gasteiger partial charge in [-0.15, -0.1) is 0 Å². The lowest BCUT2D eigenvalue weighted by atomic mass is 10.1. The molecule has 0 spiro atoms. The van der Waals surface area contributed by atoms with Crippen LogP contribution in [0.2, 0.25) is 16.6 Å². The minimum Gasteiger partial charge on any atom is -0.530 e. The first kappa shape index (κ1) is 15.6. The first-order chi connectivity index (χ1) is 9.46. The van der Waals surface area contributed by atoms with Gasteiger partial charge in [-0.05, 0) is 47.5 Å². The van der Waals surface area contributed by atoms with Crippen molar-refractivity contribution in [3.8, 4) is 5.88 Å². The van der Waals surface area contributed by atoms with Gasteiger partial charge in [-0.25, -0.2) is 4.98 Å². The van der Waals surface area contributed by atoms with E-state index in [1.807, 2.05) is 24.4 Å². The molecule has 2 unspecified atom stereocenters. The summed E-state index contributed by atoms with van der Waals surface area (Å²) in [5.41, 5.74) is 2.03. The molecule has 2 nitrogen and oxygen atoms in total. The quantitative estimate of drug-likeness (QED) is 0.676. The second-order valence-corrected chi connectivity index (χ2v) is 12.1. The van der Waals surface area contributed by atoms with Gasteiger partial charge in [-0.2, -0.15) is 0 Å². The Morgan fingerprint density at radius 2 is 1.85 bits per heavy atom.